The fourth-order valence-corrected chi connectivity index (χ4v) is 3.20. The molecule has 0 aromatic carbocycles. The molecule has 1 atom stereocenters. The smallest absolute Gasteiger partial charge is 0.320 e. The predicted molar refractivity (Wildman–Crippen MR) is 102 cm³/mol. The quantitative estimate of drug-likeness (QED) is 0.238. The lowest BCUT2D eigenvalue weighted by Crippen LogP contribution is -2.47. The van der Waals surface area contributed by atoms with Gasteiger partial charge < -0.3 is 26.4 Å². The maximum Gasteiger partial charge on any atom is 0.320 e. The highest BCUT2D eigenvalue weighted by Crippen LogP contribution is 2.11. The number of carboxylic acid groups (broad SMARTS) is 3. The molecule has 0 radical (unpaired) electrons. The SMILES string of the molecule is NCCNC(=O)CCC(C(=O)O)N1CCN(CC(=O)O)CCN(CC(=O)O)CC1. The average molecular weight is 417 g/mol. The Labute approximate surface area is 169 Å². The van der Waals surface area contributed by atoms with Crippen LogP contribution in [0.5, 0.6) is 0 Å². The highest BCUT2D eigenvalue weighted by Gasteiger charge is 2.28. The fourth-order valence-electron chi connectivity index (χ4n) is 3.20. The molecule has 1 unspecified atom stereocenters. The summed E-state index contributed by atoms with van der Waals surface area (Å²) in [4.78, 5) is 50.8. The number of hydrogen-bond donors (Lipinski definition) is 5. The van der Waals surface area contributed by atoms with E-state index >= 15 is 0 Å². The van der Waals surface area contributed by atoms with E-state index in [2.05, 4.69) is 5.32 Å². The third-order valence-electron chi connectivity index (χ3n) is 4.69. The Morgan fingerprint density at radius 1 is 0.862 bits per heavy atom. The lowest BCUT2D eigenvalue weighted by molar-refractivity contribution is -0.144. The van der Waals surface area contributed by atoms with Crippen molar-refractivity contribution in [3.63, 3.8) is 0 Å². The molecule has 1 aliphatic heterocycles. The highest BCUT2D eigenvalue weighted by atomic mass is 16.4. The Kier molecular flexibility index (Phi) is 11.1. The molecule has 1 heterocycles. The summed E-state index contributed by atoms with van der Waals surface area (Å²) < 4.78 is 0. The summed E-state index contributed by atoms with van der Waals surface area (Å²) in [6.45, 7) is 2.17. The number of nitrogens with one attached hydrogen (secondary N) is 1. The number of hydrogen-bond acceptors (Lipinski definition) is 8. The van der Waals surface area contributed by atoms with Gasteiger partial charge in [0.15, 0.2) is 0 Å². The molecule has 0 bridgehead atoms. The molecule has 6 N–H and O–H groups in total. The zero-order chi connectivity index (χ0) is 21.8. The standard InChI is InChI=1S/C17H31N5O7/c18-3-4-19-14(23)2-1-13(17(28)29)22-9-7-20(11-15(24)25)5-6-21(8-10-22)12-16(26)27/h13H,1-12,18H2,(H,19,23)(H,24,25)(H,26,27)(H,28,29). The lowest BCUT2D eigenvalue weighted by Gasteiger charge is -2.30. The topological polar surface area (TPSA) is 177 Å². The molecule has 1 rings (SSSR count). The average Bonchev–Trinajstić information content (AvgIpc) is 2.71. The van der Waals surface area contributed by atoms with Gasteiger partial charge in [0.05, 0.1) is 13.1 Å². The van der Waals surface area contributed by atoms with Crippen molar-refractivity contribution in [1.29, 1.82) is 0 Å². The second-order valence-corrected chi connectivity index (χ2v) is 6.91. The second-order valence-electron chi connectivity index (χ2n) is 6.91. The van der Waals surface area contributed by atoms with E-state index in [1.54, 1.807) is 14.7 Å². The minimum Gasteiger partial charge on any atom is -0.480 e. The van der Waals surface area contributed by atoms with Crippen LogP contribution < -0.4 is 11.1 Å². The summed E-state index contributed by atoms with van der Waals surface area (Å²) in [5.41, 5.74) is 5.33. The van der Waals surface area contributed by atoms with E-state index in [1.807, 2.05) is 0 Å². The van der Waals surface area contributed by atoms with Crippen LogP contribution in [0, 0.1) is 0 Å². The first kappa shape index (κ1) is 24.8. The van der Waals surface area contributed by atoms with Gasteiger partial charge in [-0.25, -0.2) is 0 Å². The molecule has 0 aromatic rings. The molecule has 0 aliphatic carbocycles. The number of carboxylic acids is 3. The van der Waals surface area contributed by atoms with E-state index in [4.69, 9.17) is 15.9 Å². The maximum absolute atomic E-state index is 11.8. The van der Waals surface area contributed by atoms with Crippen molar-refractivity contribution in [3.8, 4) is 0 Å². The van der Waals surface area contributed by atoms with Gasteiger partial charge in [-0.3, -0.25) is 33.9 Å². The van der Waals surface area contributed by atoms with Gasteiger partial charge in [-0.15, -0.1) is 0 Å². The summed E-state index contributed by atoms with van der Waals surface area (Å²) >= 11 is 0. The van der Waals surface area contributed by atoms with Gasteiger partial charge >= 0.3 is 17.9 Å². The molecule has 0 spiro atoms. The minimum absolute atomic E-state index is 0.0190. The van der Waals surface area contributed by atoms with E-state index in [1.165, 1.54) is 0 Å². The van der Waals surface area contributed by atoms with Crippen LogP contribution in [0.15, 0.2) is 0 Å². The van der Waals surface area contributed by atoms with Crippen molar-refractivity contribution in [2.24, 2.45) is 5.73 Å². The van der Waals surface area contributed by atoms with Gasteiger partial charge in [0.2, 0.25) is 5.91 Å². The number of aliphatic carboxylic acids is 3. The van der Waals surface area contributed by atoms with E-state index in [9.17, 15) is 24.3 Å². The molecule has 0 saturated carbocycles. The van der Waals surface area contributed by atoms with E-state index in [0.29, 0.717) is 52.4 Å². The Morgan fingerprint density at radius 2 is 1.34 bits per heavy atom. The third-order valence-corrected chi connectivity index (χ3v) is 4.69. The van der Waals surface area contributed by atoms with Gasteiger partial charge in [0.25, 0.3) is 0 Å². The predicted octanol–water partition coefficient (Wildman–Crippen LogP) is -2.62. The molecule has 1 saturated heterocycles. The van der Waals surface area contributed by atoms with Crippen molar-refractivity contribution in [1.82, 2.24) is 20.0 Å². The van der Waals surface area contributed by atoms with Crippen LogP contribution in [0.4, 0.5) is 0 Å². The van der Waals surface area contributed by atoms with Gasteiger partial charge in [0, 0.05) is 58.8 Å². The zero-order valence-electron chi connectivity index (χ0n) is 16.5. The van der Waals surface area contributed by atoms with Gasteiger partial charge in [-0.05, 0) is 6.42 Å². The Bertz CT molecular complexity index is 546. The fraction of sp³-hybridized carbons (Fsp3) is 0.765. The van der Waals surface area contributed by atoms with E-state index in [-0.39, 0.29) is 31.8 Å². The van der Waals surface area contributed by atoms with Crippen molar-refractivity contribution in [2.75, 3.05) is 65.4 Å². The van der Waals surface area contributed by atoms with Crippen LogP contribution in [0.25, 0.3) is 0 Å². The first-order valence-corrected chi connectivity index (χ1v) is 9.54. The molecule has 12 heteroatoms. The van der Waals surface area contributed by atoms with E-state index in [0.717, 1.165) is 0 Å². The van der Waals surface area contributed by atoms with Crippen LogP contribution in [0.1, 0.15) is 12.8 Å². The molecule has 12 nitrogen and oxygen atoms in total. The molecule has 1 aliphatic rings. The summed E-state index contributed by atoms with van der Waals surface area (Å²) in [6, 6.07) is -0.935. The number of nitrogens with two attached hydrogens (primary N) is 1. The first-order valence-electron chi connectivity index (χ1n) is 9.54. The molecule has 1 amide bonds. The summed E-state index contributed by atoms with van der Waals surface area (Å²) in [7, 11) is 0. The number of carbonyl (C=O) groups excluding carboxylic acids is 1. The van der Waals surface area contributed by atoms with Crippen molar-refractivity contribution in [2.45, 2.75) is 18.9 Å². The third kappa shape index (κ3) is 10.2. The Hall–Kier alpha value is -2.28. The largest absolute Gasteiger partial charge is 0.480 e. The molecule has 1 fully saturated rings. The number of rotatable bonds is 11. The summed E-state index contributed by atoms with van der Waals surface area (Å²) in [6.07, 6.45) is 0.106. The molecule has 29 heavy (non-hydrogen) atoms. The van der Waals surface area contributed by atoms with Gasteiger partial charge in [0.1, 0.15) is 6.04 Å². The normalized spacial score (nSPS) is 18.2. The lowest BCUT2D eigenvalue weighted by atomic mass is 10.1. The first-order chi connectivity index (χ1) is 13.7. The van der Waals surface area contributed by atoms with Crippen LogP contribution in [-0.4, -0.2) is 125 Å². The highest BCUT2D eigenvalue weighted by molar-refractivity contribution is 5.78. The maximum atomic E-state index is 11.8. The summed E-state index contributed by atoms with van der Waals surface area (Å²) in [5, 5.41) is 30.4. The van der Waals surface area contributed by atoms with Crippen LogP contribution in [-0.2, 0) is 19.2 Å². The Balaban J connectivity index is 2.85. The van der Waals surface area contributed by atoms with Crippen molar-refractivity contribution >= 4 is 23.8 Å². The van der Waals surface area contributed by atoms with E-state index < -0.39 is 23.9 Å². The Morgan fingerprint density at radius 3 is 1.76 bits per heavy atom. The van der Waals surface area contributed by atoms with Crippen molar-refractivity contribution < 1.29 is 34.5 Å². The van der Waals surface area contributed by atoms with Gasteiger partial charge in [-0.2, -0.15) is 0 Å². The van der Waals surface area contributed by atoms with Crippen LogP contribution >= 0.6 is 0 Å². The number of amides is 1. The van der Waals surface area contributed by atoms with Gasteiger partial charge in [-0.1, -0.05) is 0 Å². The molecule has 166 valence electrons. The second kappa shape index (κ2) is 13.0. The number of nitrogens with zero attached hydrogens (tertiary/aromatic N) is 3. The van der Waals surface area contributed by atoms with Crippen LogP contribution in [0.2, 0.25) is 0 Å². The summed E-state index contributed by atoms with van der Waals surface area (Å²) in [5.74, 6) is -3.38. The molecular weight excluding hydrogens is 386 g/mol. The number of carbonyl (C=O) groups is 4. The van der Waals surface area contributed by atoms with Crippen molar-refractivity contribution in [3.05, 3.63) is 0 Å². The minimum atomic E-state index is -1.08. The molecule has 0 aromatic heterocycles. The zero-order valence-corrected chi connectivity index (χ0v) is 16.5. The molecular formula is C17H31N5O7. The monoisotopic (exact) mass is 417 g/mol. The van der Waals surface area contributed by atoms with Crippen LogP contribution in [0.3, 0.4) is 0 Å².